The van der Waals surface area contributed by atoms with E-state index >= 15 is 0 Å². The Balaban J connectivity index is 1.13. The molecule has 2 aromatic carbocycles. The lowest BCUT2D eigenvalue weighted by molar-refractivity contribution is -0.424. The fourth-order valence-corrected chi connectivity index (χ4v) is 7.68. The molecule has 0 amide bonds. The Hall–Kier alpha value is -2.94. The first-order chi connectivity index (χ1) is 20.0. The number of aliphatic hydroxyl groups excluding tert-OH is 3. The van der Waals surface area contributed by atoms with Gasteiger partial charge in [0.05, 0.1) is 16.5 Å². The van der Waals surface area contributed by atoms with Crippen LogP contribution in [0.5, 0.6) is 0 Å². The van der Waals surface area contributed by atoms with Gasteiger partial charge in [-0.2, -0.15) is 0 Å². The molecule has 4 N–H and O–H groups in total. The average molecular weight is 585 g/mol. The molecule has 12 nitrogen and oxygen atoms in total. The maximum atomic E-state index is 12.9. The number of carbonyl (C=O) groups is 2. The summed E-state index contributed by atoms with van der Waals surface area (Å²) in [5.41, 5.74) is -2.88. The third-order valence-corrected chi connectivity index (χ3v) is 9.78. The lowest BCUT2D eigenvalue weighted by Gasteiger charge is -2.67. The molecule has 0 radical (unpaired) electrons. The van der Waals surface area contributed by atoms with Gasteiger partial charge in [0.25, 0.3) is 0 Å². The van der Waals surface area contributed by atoms with Crippen molar-refractivity contribution >= 4 is 11.9 Å². The standard InChI is InChI=1S/C30H32O12/c1-27-14-29(36)19-12-30(27,28(19,26(41-27)42-29)15-38-24(35)17-10-6-3-7-11-17)40-25-22(33)21(32)20(31)18(39-25)13-37-23(34)16-8-4-2-5-9-16/h2-11,18-22,25-26,31-33,36H,12-15H2,1H3/t18?,19-,20?,21?,22?,25?,26-,27-,28?,29+,30?/m0/s1. The van der Waals surface area contributed by atoms with Gasteiger partial charge in [-0.15, -0.1) is 0 Å². The number of benzene rings is 2. The Morgan fingerprint density at radius 2 is 1.50 bits per heavy atom. The number of ether oxygens (including phenoxy) is 6. The predicted molar refractivity (Wildman–Crippen MR) is 138 cm³/mol. The summed E-state index contributed by atoms with van der Waals surface area (Å²) >= 11 is 0. The Kier molecular flexibility index (Phi) is 6.32. The number of hydrogen-bond acceptors (Lipinski definition) is 12. The summed E-state index contributed by atoms with van der Waals surface area (Å²) in [6.07, 6.45) is -8.34. The highest BCUT2D eigenvalue weighted by Gasteiger charge is 2.94. The van der Waals surface area contributed by atoms with Gasteiger partial charge in [-0.25, -0.2) is 9.59 Å². The van der Waals surface area contributed by atoms with Crippen LogP contribution in [0.2, 0.25) is 0 Å². The second-order valence-electron chi connectivity index (χ2n) is 12.0. The number of rotatable bonds is 8. The second-order valence-corrected chi connectivity index (χ2v) is 12.0. The van der Waals surface area contributed by atoms with E-state index in [1.54, 1.807) is 67.6 Å². The van der Waals surface area contributed by atoms with Gasteiger partial charge in [-0.05, 0) is 37.6 Å². The van der Waals surface area contributed by atoms with Crippen LogP contribution in [0.25, 0.3) is 0 Å². The number of hydrogen-bond donors (Lipinski definition) is 4. The fraction of sp³-hybridized carbons (Fsp3) is 0.533. The first-order valence-corrected chi connectivity index (χ1v) is 13.9. The van der Waals surface area contributed by atoms with Crippen LogP contribution in [0.4, 0.5) is 0 Å². The summed E-state index contributed by atoms with van der Waals surface area (Å²) in [6.45, 7) is 1.12. The monoisotopic (exact) mass is 584 g/mol. The van der Waals surface area contributed by atoms with Gasteiger partial charge in [0.15, 0.2) is 18.4 Å². The lowest BCUT2D eigenvalue weighted by Crippen LogP contribution is -2.80. The maximum absolute atomic E-state index is 12.9. The highest BCUT2D eigenvalue weighted by Crippen LogP contribution is 2.81. The minimum absolute atomic E-state index is 0.0572. The second kappa shape index (κ2) is 9.53. The summed E-state index contributed by atoms with van der Waals surface area (Å²) in [6, 6.07) is 16.7. The van der Waals surface area contributed by atoms with E-state index in [0.29, 0.717) is 11.1 Å². The number of aliphatic hydroxyl groups is 4. The summed E-state index contributed by atoms with van der Waals surface area (Å²) in [4.78, 5) is 25.4. The Morgan fingerprint density at radius 1 is 0.881 bits per heavy atom. The normalized spacial score (nSPS) is 44.5. The summed E-state index contributed by atoms with van der Waals surface area (Å²) in [5, 5.41) is 43.6. The minimum Gasteiger partial charge on any atom is -0.461 e. The molecule has 12 heteroatoms. The zero-order valence-corrected chi connectivity index (χ0v) is 22.7. The Labute approximate surface area is 240 Å². The molecule has 7 unspecified atom stereocenters. The van der Waals surface area contributed by atoms with Crippen molar-refractivity contribution in [2.24, 2.45) is 11.3 Å². The molecule has 3 aliphatic carbocycles. The molecule has 7 fully saturated rings. The smallest absolute Gasteiger partial charge is 0.338 e. The van der Waals surface area contributed by atoms with Crippen molar-refractivity contribution in [3.8, 4) is 0 Å². The zero-order valence-electron chi connectivity index (χ0n) is 22.7. The maximum Gasteiger partial charge on any atom is 0.338 e. The minimum atomic E-state index is -1.69. The molecule has 2 aromatic rings. The fourth-order valence-electron chi connectivity index (χ4n) is 7.68. The van der Waals surface area contributed by atoms with Crippen molar-refractivity contribution in [2.75, 3.05) is 13.2 Å². The van der Waals surface area contributed by atoms with Crippen LogP contribution in [-0.4, -0.2) is 99.6 Å². The van der Waals surface area contributed by atoms with Gasteiger partial charge in [-0.1, -0.05) is 36.4 Å². The molecule has 7 aliphatic rings. The van der Waals surface area contributed by atoms with Crippen molar-refractivity contribution in [3.05, 3.63) is 71.8 Å². The van der Waals surface area contributed by atoms with Crippen LogP contribution in [0, 0.1) is 11.3 Å². The Bertz CT molecular complexity index is 1370. The summed E-state index contributed by atoms with van der Waals surface area (Å²) in [5.74, 6) is -3.25. The van der Waals surface area contributed by atoms with E-state index in [0.717, 1.165) is 0 Å². The molecular weight excluding hydrogens is 552 g/mol. The topological polar surface area (TPSA) is 170 Å². The van der Waals surface area contributed by atoms with Gasteiger partial charge in [0.2, 0.25) is 0 Å². The van der Waals surface area contributed by atoms with E-state index in [1.807, 2.05) is 0 Å². The van der Waals surface area contributed by atoms with Crippen LogP contribution in [0.3, 0.4) is 0 Å². The van der Waals surface area contributed by atoms with E-state index in [1.165, 1.54) is 0 Å². The molecule has 4 saturated heterocycles. The molecular formula is C30H32O12. The summed E-state index contributed by atoms with van der Waals surface area (Å²) in [7, 11) is 0. The zero-order chi connectivity index (χ0) is 29.5. The van der Waals surface area contributed by atoms with Crippen LogP contribution >= 0.6 is 0 Å². The quantitative estimate of drug-likeness (QED) is 0.318. The molecule has 3 saturated carbocycles. The predicted octanol–water partition coefficient (Wildman–Crippen LogP) is 0.507. The average Bonchev–Trinajstić information content (AvgIpc) is 3.18. The molecule has 6 bridgehead atoms. The third kappa shape index (κ3) is 3.70. The molecule has 0 aromatic heterocycles. The molecule has 42 heavy (non-hydrogen) atoms. The van der Waals surface area contributed by atoms with Crippen molar-refractivity contribution in [3.63, 3.8) is 0 Å². The van der Waals surface area contributed by atoms with Gasteiger partial charge in [0, 0.05) is 12.3 Å². The first-order valence-electron chi connectivity index (χ1n) is 13.9. The van der Waals surface area contributed by atoms with Crippen LogP contribution in [0.1, 0.15) is 40.5 Å². The van der Waals surface area contributed by atoms with E-state index in [4.69, 9.17) is 28.4 Å². The molecule has 4 heterocycles. The van der Waals surface area contributed by atoms with E-state index < -0.39 is 83.9 Å². The van der Waals surface area contributed by atoms with E-state index in [9.17, 15) is 30.0 Å². The van der Waals surface area contributed by atoms with Crippen molar-refractivity contribution in [1.29, 1.82) is 0 Å². The van der Waals surface area contributed by atoms with Crippen LogP contribution in [0.15, 0.2) is 60.7 Å². The first kappa shape index (κ1) is 27.9. The van der Waals surface area contributed by atoms with Crippen LogP contribution in [-0.2, 0) is 28.4 Å². The number of esters is 2. The third-order valence-electron chi connectivity index (χ3n) is 9.78. The largest absolute Gasteiger partial charge is 0.461 e. The van der Waals surface area contributed by atoms with Crippen molar-refractivity contribution in [2.45, 2.75) is 73.8 Å². The SMILES string of the molecule is C[C@@]12C[C@@]3(O)O[C@H](O1)C1(COC(=O)c4ccccc4)[C@@H]3CC12OC1OC(COC(=O)c2ccccc2)C(O)C(O)C1O. The van der Waals surface area contributed by atoms with Crippen molar-refractivity contribution < 1.29 is 58.4 Å². The van der Waals surface area contributed by atoms with Gasteiger partial charge < -0.3 is 48.8 Å². The van der Waals surface area contributed by atoms with E-state index in [-0.39, 0.29) is 19.4 Å². The molecule has 9 rings (SSSR count). The number of carbonyl (C=O) groups excluding carboxylic acids is 2. The van der Waals surface area contributed by atoms with E-state index in [2.05, 4.69) is 0 Å². The van der Waals surface area contributed by atoms with Gasteiger partial charge >= 0.3 is 11.9 Å². The highest BCUT2D eigenvalue weighted by atomic mass is 16.8. The molecule has 224 valence electrons. The lowest BCUT2D eigenvalue weighted by atomic mass is 9.41. The summed E-state index contributed by atoms with van der Waals surface area (Å²) < 4.78 is 35.7. The molecule has 4 aliphatic heterocycles. The molecule has 0 spiro atoms. The highest BCUT2D eigenvalue weighted by molar-refractivity contribution is 5.89. The van der Waals surface area contributed by atoms with Crippen LogP contribution < -0.4 is 0 Å². The van der Waals surface area contributed by atoms with Crippen molar-refractivity contribution in [1.82, 2.24) is 0 Å². The van der Waals surface area contributed by atoms with Gasteiger partial charge in [0.1, 0.15) is 48.8 Å². The molecule has 11 atom stereocenters. The Morgan fingerprint density at radius 3 is 2.14 bits per heavy atom. The van der Waals surface area contributed by atoms with Gasteiger partial charge in [-0.3, -0.25) is 0 Å².